The maximum absolute atomic E-state index is 12.3. The molecule has 0 radical (unpaired) electrons. The first kappa shape index (κ1) is 22.1. The molecule has 0 bridgehead atoms. The summed E-state index contributed by atoms with van der Waals surface area (Å²) in [5, 5.41) is 6.53. The number of hydrogen-bond acceptors (Lipinski definition) is 4. The van der Waals surface area contributed by atoms with Gasteiger partial charge < -0.3 is 20.3 Å². The first-order valence-corrected chi connectivity index (χ1v) is 11.9. The van der Waals surface area contributed by atoms with Crippen LogP contribution in [0.15, 0.2) is 35.3 Å². The fourth-order valence-electron chi connectivity index (χ4n) is 5.15. The van der Waals surface area contributed by atoms with Crippen molar-refractivity contribution in [3.63, 3.8) is 0 Å². The van der Waals surface area contributed by atoms with Crippen LogP contribution in [-0.4, -0.2) is 80.2 Å². The quantitative estimate of drug-likeness (QED) is 0.412. The molecule has 0 spiro atoms. The SMILES string of the molecule is CN=C(NCCNC(=O)C1CCCCC1)N1CC2OCCN(Cc3ccccc3)C2C1. The largest absolute Gasteiger partial charge is 0.373 e. The zero-order valence-electron chi connectivity index (χ0n) is 18.8. The molecule has 4 rings (SSSR count). The van der Waals surface area contributed by atoms with Crippen LogP contribution in [0, 0.1) is 5.92 Å². The summed E-state index contributed by atoms with van der Waals surface area (Å²) in [6.07, 6.45) is 5.93. The Kier molecular flexibility index (Phi) is 7.81. The molecule has 2 unspecified atom stereocenters. The lowest BCUT2D eigenvalue weighted by molar-refractivity contribution is -0.125. The molecule has 2 saturated heterocycles. The summed E-state index contributed by atoms with van der Waals surface area (Å²) in [5.41, 5.74) is 1.35. The monoisotopic (exact) mass is 427 g/mol. The third-order valence-electron chi connectivity index (χ3n) is 6.84. The highest BCUT2D eigenvalue weighted by Gasteiger charge is 2.41. The molecule has 170 valence electrons. The number of benzene rings is 1. The van der Waals surface area contributed by atoms with Crippen LogP contribution in [0.1, 0.15) is 37.7 Å². The molecule has 0 aromatic heterocycles. The van der Waals surface area contributed by atoms with Crippen LogP contribution in [0.25, 0.3) is 0 Å². The second-order valence-corrected chi connectivity index (χ2v) is 8.94. The number of aliphatic imine (C=N–C) groups is 1. The standard InChI is InChI=1S/C24H37N5O2/c1-25-24(27-13-12-26-23(30)20-10-6-3-7-11-20)29-17-21-22(18-29)31-15-14-28(21)16-19-8-4-2-5-9-19/h2,4-5,8-9,20-22H,3,6-7,10-18H2,1H3,(H,25,27)(H,26,30). The Morgan fingerprint density at radius 3 is 2.65 bits per heavy atom. The van der Waals surface area contributed by atoms with Gasteiger partial charge in [-0.2, -0.15) is 0 Å². The number of rotatable bonds is 6. The Hall–Kier alpha value is -2.12. The van der Waals surface area contributed by atoms with Gasteiger partial charge in [0.2, 0.25) is 5.91 Å². The minimum atomic E-state index is 0.210. The number of morpholine rings is 1. The molecule has 3 fully saturated rings. The fraction of sp³-hybridized carbons (Fsp3) is 0.667. The topological polar surface area (TPSA) is 69.2 Å². The molecule has 2 aliphatic heterocycles. The molecule has 1 aliphatic carbocycles. The normalized spacial score (nSPS) is 25.3. The van der Waals surface area contributed by atoms with Gasteiger partial charge in [0.25, 0.3) is 0 Å². The number of guanidine groups is 1. The Morgan fingerprint density at radius 1 is 1.10 bits per heavy atom. The second kappa shape index (κ2) is 11.0. The summed E-state index contributed by atoms with van der Waals surface area (Å²) in [4.78, 5) is 21.6. The highest BCUT2D eigenvalue weighted by atomic mass is 16.5. The predicted octanol–water partition coefficient (Wildman–Crippen LogP) is 1.84. The van der Waals surface area contributed by atoms with Crippen LogP contribution in [-0.2, 0) is 16.1 Å². The molecule has 7 heteroatoms. The van der Waals surface area contributed by atoms with Crippen molar-refractivity contribution in [3.8, 4) is 0 Å². The number of amides is 1. The van der Waals surface area contributed by atoms with Crippen LogP contribution in [0.5, 0.6) is 0 Å². The van der Waals surface area contributed by atoms with Gasteiger partial charge in [0, 0.05) is 52.2 Å². The van der Waals surface area contributed by atoms with E-state index in [1.54, 1.807) is 0 Å². The number of fused-ring (bicyclic) bond motifs is 1. The van der Waals surface area contributed by atoms with Crippen LogP contribution in [0.2, 0.25) is 0 Å². The van der Waals surface area contributed by atoms with Gasteiger partial charge in [-0.1, -0.05) is 49.6 Å². The van der Waals surface area contributed by atoms with Gasteiger partial charge in [0.05, 0.1) is 18.8 Å². The molecule has 2 N–H and O–H groups in total. The van der Waals surface area contributed by atoms with Crippen LogP contribution >= 0.6 is 0 Å². The van der Waals surface area contributed by atoms with E-state index < -0.39 is 0 Å². The Labute approximate surface area is 186 Å². The molecule has 1 aromatic rings. The summed E-state index contributed by atoms with van der Waals surface area (Å²) < 4.78 is 6.10. The first-order chi connectivity index (χ1) is 15.2. The highest BCUT2D eigenvalue weighted by Crippen LogP contribution is 2.25. The zero-order chi connectivity index (χ0) is 21.5. The zero-order valence-corrected chi connectivity index (χ0v) is 18.8. The van der Waals surface area contributed by atoms with E-state index in [0.29, 0.717) is 19.1 Å². The van der Waals surface area contributed by atoms with Crippen molar-refractivity contribution >= 4 is 11.9 Å². The fourth-order valence-corrected chi connectivity index (χ4v) is 5.15. The molecule has 1 amide bonds. The minimum Gasteiger partial charge on any atom is -0.373 e. The maximum Gasteiger partial charge on any atom is 0.223 e. The molecule has 31 heavy (non-hydrogen) atoms. The summed E-state index contributed by atoms with van der Waals surface area (Å²) in [7, 11) is 1.83. The lowest BCUT2D eigenvalue weighted by atomic mass is 9.89. The lowest BCUT2D eigenvalue weighted by Gasteiger charge is -2.36. The van der Waals surface area contributed by atoms with E-state index >= 15 is 0 Å². The van der Waals surface area contributed by atoms with Gasteiger partial charge in [-0.3, -0.25) is 14.7 Å². The Bertz CT molecular complexity index is 735. The average Bonchev–Trinajstić information content (AvgIpc) is 3.25. The van der Waals surface area contributed by atoms with E-state index in [-0.39, 0.29) is 17.9 Å². The summed E-state index contributed by atoms with van der Waals surface area (Å²) >= 11 is 0. The second-order valence-electron chi connectivity index (χ2n) is 8.94. The molecule has 2 atom stereocenters. The third-order valence-corrected chi connectivity index (χ3v) is 6.84. The van der Waals surface area contributed by atoms with E-state index in [9.17, 15) is 4.79 Å². The average molecular weight is 428 g/mol. The van der Waals surface area contributed by atoms with E-state index in [1.165, 1.54) is 24.8 Å². The van der Waals surface area contributed by atoms with Gasteiger partial charge in [-0.25, -0.2) is 0 Å². The number of ether oxygens (including phenoxy) is 1. The van der Waals surface area contributed by atoms with Crippen molar-refractivity contribution in [2.45, 2.75) is 50.8 Å². The van der Waals surface area contributed by atoms with Crippen molar-refractivity contribution in [1.82, 2.24) is 20.4 Å². The molecule has 1 aromatic carbocycles. The molecular weight excluding hydrogens is 390 g/mol. The summed E-state index contributed by atoms with van der Waals surface area (Å²) in [5.74, 6) is 1.32. The minimum absolute atomic E-state index is 0.210. The third kappa shape index (κ3) is 5.77. The Morgan fingerprint density at radius 2 is 1.87 bits per heavy atom. The molecule has 1 saturated carbocycles. The highest BCUT2D eigenvalue weighted by molar-refractivity contribution is 5.81. The lowest BCUT2D eigenvalue weighted by Crippen LogP contribution is -2.50. The van der Waals surface area contributed by atoms with Crippen molar-refractivity contribution in [2.75, 3.05) is 46.4 Å². The van der Waals surface area contributed by atoms with Gasteiger partial charge in [0.15, 0.2) is 5.96 Å². The van der Waals surface area contributed by atoms with Gasteiger partial charge in [-0.05, 0) is 18.4 Å². The number of hydrogen-bond donors (Lipinski definition) is 2. The summed E-state index contributed by atoms with van der Waals surface area (Å²) in [6, 6.07) is 11.0. The van der Waals surface area contributed by atoms with Crippen LogP contribution in [0.4, 0.5) is 0 Å². The van der Waals surface area contributed by atoms with E-state index in [1.807, 2.05) is 7.05 Å². The summed E-state index contributed by atoms with van der Waals surface area (Å²) in [6.45, 7) is 5.77. The molecule has 3 aliphatic rings. The van der Waals surface area contributed by atoms with Crippen molar-refractivity contribution in [1.29, 1.82) is 0 Å². The van der Waals surface area contributed by atoms with Gasteiger partial charge >= 0.3 is 0 Å². The van der Waals surface area contributed by atoms with E-state index in [4.69, 9.17) is 4.74 Å². The number of likely N-dealkylation sites (tertiary alicyclic amines) is 1. The molecule has 2 heterocycles. The molecular formula is C24H37N5O2. The Balaban J connectivity index is 1.24. The van der Waals surface area contributed by atoms with Gasteiger partial charge in [-0.15, -0.1) is 0 Å². The van der Waals surface area contributed by atoms with E-state index in [2.05, 4.69) is 55.8 Å². The maximum atomic E-state index is 12.3. The number of carbonyl (C=O) groups is 1. The molecule has 7 nitrogen and oxygen atoms in total. The predicted molar refractivity (Wildman–Crippen MR) is 123 cm³/mol. The number of nitrogens with zero attached hydrogens (tertiary/aromatic N) is 3. The van der Waals surface area contributed by atoms with E-state index in [0.717, 1.165) is 51.6 Å². The number of nitrogens with one attached hydrogen (secondary N) is 2. The number of carbonyl (C=O) groups excluding carboxylic acids is 1. The van der Waals surface area contributed by atoms with Crippen LogP contribution < -0.4 is 10.6 Å². The van der Waals surface area contributed by atoms with Crippen molar-refractivity contribution in [2.24, 2.45) is 10.9 Å². The smallest absolute Gasteiger partial charge is 0.223 e. The van der Waals surface area contributed by atoms with Crippen molar-refractivity contribution < 1.29 is 9.53 Å². The van der Waals surface area contributed by atoms with Crippen molar-refractivity contribution in [3.05, 3.63) is 35.9 Å². The first-order valence-electron chi connectivity index (χ1n) is 11.9. The van der Waals surface area contributed by atoms with Crippen LogP contribution in [0.3, 0.4) is 0 Å². The van der Waals surface area contributed by atoms with Gasteiger partial charge in [0.1, 0.15) is 0 Å².